The predicted molar refractivity (Wildman–Crippen MR) is 151 cm³/mol. The van der Waals surface area contributed by atoms with E-state index in [4.69, 9.17) is 37.5 Å². The van der Waals surface area contributed by atoms with Gasteiger partial charge >= 0.3 is 0 Å². The molecule has 0 aliphatic carbocycles. The minimum Gasteiger partial charge on any atom is -0.504 e. The van der Waals surface area contributed by atoms with E-state index in [2.05, 4.69) is 5.32 Å². The number of para-hydroxylation sites is 1. The summed E-state index contributed by atoms with van der Waals surface area (Å²) < 4.78 is 10.9. The first kappa shape index (κ1) is 28.0. The largest absolute Gasteiger partial charge is 0.504 e. The van der Waals surface area contributed by atoms with E-state index in [0.29, 0.717) is 16.5 Å². The Hall–Kier alpha value is -3.99. The van der Waals surface area contributed by atoms with Crippen LogP contribution in [0.25, 0.3) is 0 Å². The van der Waals surface area contributed by atoms with Crippen LogP contribution in [-0.2, 0) is 4.79 Å². The Kier molecular flexibility index (Phi) is 8.80. The Labute approximate surface area is 231 Å². The summed E-state index contributed by atoms with van der Waals surface area (Å²) in [6.45, 7) is 2.07. The third-order valence-corrected chi connectivity index (χ3v) is 6.61. The number of phenols is 2. The average Bonchev–Trinajstić information content (AvgIpc) is 3.03. The molecule has 7 N–H and O–H groups in total. The number of carbonyl (C=O) groups is 1. The molecule has 4 rings (SSSR count). The van der Waals surface area contributed by atoms with Crippen LogP contribution in [0.5, 0.6) is 23.0 Å². The molecule has 1 aliphatic rings. The number of benzene rings is 3. The average molecular weight is 554 g/mol. The van der Waals surface area contributed by atoms with Crippen LogP contribution in [0.4, 0.5) is 5.69 Å². The molecule has 1 aliphatic heterocycles. The second-order valence-electron chi connectivity index (χ2n) is 9.10. The van der Waals surface area contributed by atoms with Gasteiger partial charge < -0.3 is 41.4 Å². The molecule has 3 atom stereocenters. The number of ether oxygens (including phenoxy) is 2. The van der Waals surface area contributed by atoms with Crippen LogP contribution >= 0.6 is 11.6 Å². The fourth-order valence-corrected chi connectivity index (χ4v) is 4.58. The van der Waals surface area contributed by atoms with Crippen molar-refractivity contribution in [1.29, 1.82) is 0 Å². The number of phenolic OH excluding ortho intramolecular Hbond substituents is 2. The van der Waals surface area contributed by atoms with Crippen molar-refractivity contribution in [3.8, 4) is 23.0 Å². The maximum atomic E-state index is 13.0. The Balaban J connectivity index is 1.58. The number of aromatic hydroxyl groups is 2. The molecule has 0 fully saturated rings. The first-order valence-electron chi connectivity index (χ1n) is 12.4. The molecule has 2 unspecified atom stereocenters. The maximum absolute atomic E-state index is 13.0. The number of carbonyl (C=O) groups excluding carboxylic acids is 1. The highest BCUT2D eigenvalue weighted by atomic mass is 35.5. The molecule has 0 aromatic heterocycles. The third kappa shape index (κ3) is 6.36. The maximum Gasteiger partial charge on any atom is 0.222 e. The van der Waals surface area contributed by atoms with Crippen molar-refractivity contribution in [2.75, 3.05) is 25.2 Å². The van der Waals surface area contributed by atoms with Gasteiger partial charge in [0.2, 0.25) is 11.7 Å². The highest BCUT2D eigenvalue weighted by Gasteiger charge is 2.34. The lowest BCUT2D eigenvalue weighted by molar-refractivity contribution is -0.121. The normalized spacial score (nSPS) is 17.5. The van der Waals surface area contributed by atoms with Gasteiger partial charge in [-0.2, -0.15) is 0 Å². The summed E-state index contributed by atoms with van der Waals surface area (Å²) in [5.41, 5.74) is 16.1. The molecule has 39 heavy (non-hydrogen) atoms. The van der Waals surface area contributed by atoms with Crippen molar-refractivity contribution in [3.05, 3.63) is 76.8 Å². The van der Waals surface area contributed by atoms with Crippen LogP contribution in [0.15, 0.2) is 65.7 Å². The van der Waals surface area contributed by atoms with E-state index in [1.54, 1.807) is 25.3 Å². The molecule has 0 saturated carbocycles. The standard InChI is InChI=1S/C28H32ClN5O5/c1-16(30)34-22-11-10-19(38-2)14-20(22)26(17-6-8-18(29)9-7-17)33-21(28(34)31)15-25(36)32-12-13-39-24-5-3-4-23(35)27(24)37/h3-11,14,16,21,28,35,37H,12-13,15,30-31H2,1-2H3,(H,32,36)/t16?,21-,28?/m0/s1. The van der Waals surface area contributed by atoms with Gasteiger partial charge in [-0.1, -0.05) is 29.8 Å². The first-order chi connectivity index (χ1) is 18.7. The van der Waals surface area contributed by atoms with Crippen LogP contribution in [0.3, 0.4) is 0 Å². The minimum absolute atomic E-state index is 0.00995. The molecule has 0 spiro atoms. The third-order valence-electron chi connectivity index (χ3n) is 6.36. The number of rotatable bonds is 9. The molecule has 1 amide bonds. The summed E-state index contributed by atoms with van der Waals surface area (Å²) in [6.07, 6.45) is -1.18. The molecule has 11 heteroatoms. The van der Waals surface area contributed by atoms with Gasteiger partial charge in [-0.25, -0.2) is 0 Å². The lowest BCUT2D eigenvalue weighted by Crippen LogP contribution is -2.56. The van der Waals surface area contributed by atoms with Crippen molar-refractivity contribution < 1.29 is 24.5 Å². The first-order valence-corrected chi connectivity index (χ1v) is 12.8. The van der Waals surface area contributed by atoms with Crippen LogP contribution in [0.2, 0.25) is 5.02 Å². The number of halogens is 1. The fourth-order valence-electron chi connectivity index (χ4n) is 4.45. The van der Waals surface area contributed by atoms with Crippen molar-refractivity contribution >= 4 is 28.9 Å². The number of benzodiazepines with no additional fused rings is 1. The lowest BCUT2D eigenvalue weighted by Gasteiger charge is -2.36. The molecular formula is C28H32ClN5O5. The molecule has 10 nitrogen and oxygen atoms in total. The SMILES string of the molecule is COc1ccc2c(c1)C(c1ccc(Cl)cc1)=N[C@@H](CC(=O)NCCOc1cccc(O)c1O)C(N)N2C(C)N. The van der Waals surface area contributed by atoms with E-state index >= 15 is 0 Å². The van der Waals surface area contributed by atoms with Gasteiger partial charge in [-0.05, 0) is 49.4 Å². The molecule has 0 bridgehead atoms. The van der Waals surface area contributed by atoms with Gasteiger partial charge in [0.15, 0.2) is 11.5 Å². The smallest absolute Gasteiger partial charge is 0.222 e. The number of nitrogens with two attached hydrogens (primary N) is 2. The summed E-state index contributed by atoms with van der Waals surface area (Å²) in [6, 6.07) is 16.6. The zero-order valence-corrected chi connectivity index (χ0v) is 22.4. The molecule has 1 heterocycles. The minimum atomic E-state index is -0.701. The topological polar surface area (TPSA) is 156 Å². The Morgan fingerprint density at radius 3 is 2.62 bits per heavy atom. The molecule has 0 radical (unpaired) electrons. The molecule has 3 aromatic rings. The summed E-state index contributed by atoms with van der Waals surface area (Å²) in [5.74, 6) is -0.169. The number of hydrogen-bond donors (Lipinski definition) is 5. The zero-order chi connectivity index (χ0) is 28.1. The van der Waals surface area contributed by atoms with Crippen molar-refractivity contribution in [1.82, 2.24) is 5.32 Å². The molecule has 0 saturated heterocycles. The zero-order valence-electron chi connectivity index (χ0n) is 21.7. The van der Waals surface area contributed by atoms with Crippen molar-refractivity contribution in [2.45, 2.75) is 31.7 Å². The van der Waals surface area contributed by atoms with Crippen molar-refractivity contribution in [2.24, 2.45) is 16.5 Å². The van der Waals surface area contributed by atoms with E-state index in [1.807, 2.05) is 42.2 Å². The summed E-state index contributed by atoms with van der Waals surface area (Å²) in [7, 11) is 1.59. The second-order valence-corrected chi connectivity index (χ2v) is 9.54. The van der Waals surface area contributed by atoms with Gasteiger partial charge in [-0.15, -0.1) is 0 Å². The van der Waals surface area contributed by atoms with E-state index in [-0.39, 0.29) is 42.7 Å². The number of aliphatic imine (C=N–C) groups is 1. The Bertz CT molecular complexity index is 1350. The number of fused-ring (bicyclic) bond motifs is 1. The van der Waals surface area contributed by atoms with E-state index in [1.165, 1.54) is 12.1 Å². The highest BCUT2D eigenvalue weighted by Crippen LogP contribution is 2.35. The van der Waals surface area contributed by atoms with Crippen LogP contribution in [-0.4, -0.2) is 60.5 Å². The van der Waals surface area contributed by atoms with Gasteiger partial charge in [-0.3, -0.25) is 9.79 Å². The van der Waals surface area contributed by atoms with Gasteiger partial charge in [0.05, 0.1) is 38.0 Å². The van der Waals surface area contributed by atoms with Crippen LogP contribution < -0.4 is 31.2 Å². The van der Waals surface area contributed by atoms with E-state index < -0.39 is 18.4 Å². The summed E-state index contributed by atoms with van der Waals surface area (Å²) in [4.78, 5) is 19.8. The molecule has 206 valence electrons. The highest BCUT2D eigenvalue weighted by molar-refractivity contribution is 6.30. The monoisotopic (exact) mass is 553 g/mol. The number of methoxy groups -OCH3 is 1. The second kappa shape index (κ2) is 12.2. The van der Waals surface area contributed by atoms with Crippen LogP contribution in [0, 0.1) is 0 Å². The van der Waals surface area contributed by atoms with E-state index in [9.17, 15) is 15.0 Å². The van der Waals surface area contributed by atoms with Crippen LogP contribution in [0.1, 0.15) is 24.5 Å². The molecular weight excluding hydrogens is 522 g/mol. The number of hydrogen-bond acceptors (Lipinski definition) is 9. The van der Waals surface area contributed by atoms with Gasteiger partial charge in [0, 0.05) is 21.8 Å². The Morgan fingerprint density at radius 2 is 1.92 bits per heavy atom. The lowest BCUT2D eigenvalue weighted by atomic mass is 9.99. The molecule has 3 aromatic carbocycles. The summed E-state index contributed by atoms with van der Waals surface area (Å²) in [5, 5.41) is 22.9. The predicted octanol–water partition coefficient (Wildman–Crippen LogP) is 2.96. The number of nitrogens with zero attached hydrogens (tertiary/aromatic N) is 2. The van der Waals surface area contributed by atoms with Gasteiger partial charge in [0.1, 0.15) is 18.5 Å². The number of amides is 1. The summed E-state index contributed by atoms with van der Waals surface area (Å²) >= 11 is 6.14. The number of nitrogens with one attached hydrogen (secondary N) is 1. The van der Waals surface area contributed by atoms with Crippen molar-refractivity contribution in [3.63, 3.8) is 0 Å². The Morgan fingerprint density at radius 1 is 1.18 bits per heavy atom. The van der Waals surface area contributed by atoms with E-state index in [0.717, 1.165) is 16.8 Å². The van der Waals surface area contributed by atoms with Gasteiger partial charge in [0.25, 0.3) is 0 Å². The number of anilines is 1. The fraction of sp³-hybridized carbons (Fsp3) is 0.286. The quantitative estimate of drug-likeness (QED) is 0.200.